The van der Waals surface area contributed by atoms with Gasteiger partial charge in [-0.15, -0.1) is 0 Å². The van der Waals surface area contributed by atoms with Crippen LogP contribution in [-0.2, 0) is 16.6 Å². The van der Waals surface area contributed by atoms with Gasteiger partial charge in [0.1, 0.15) is 0 Å². The average Bonchev–Trinajstić information content (AvgIpc) is 2.32. The van der Waals surface area contributed by atoms with Crippen molar-refractivity contribution in [3.63, 3.8) is 0 Å². The second-order valence-electron chi connectivity index (χ2n) is 4.05. The van der Waals surface area contributed by atoms with Crippen LogP contribution < -0.4 is 5.32 Å². The van der Waals surface area contributed by atoms with Crippen LogP contribution in [-0.4, -0.2) is 38.6 Å². The number of rotatable bonds is 7. The van der Waals surface area contributed by atoms with Crippen LogP contribution in [0.3, 0.4) is 0 Å². The lowest BCUT2D eigenvalue weighted by Gasteiger charge is -2.17. The first-order chi connectivity index (χ1) is 8.45. The highest BCUT2D eigenvalue weighted by Crippen LogP contribution is 2.13. The lowest BCUT2D eigenvalue weighted by atomic mass is 10.2. The molecule has 0 aliphatic carbocycles. The van der Waals surface area contributed by atoms with Crippen molar-refractivity contribution in [3.8, 4) is 0 Å². The Labute approximate surface area is 118 Å². The Balaban J connectivity index is 2.58. The molecule has 4 nitrogen and oxygen atoms in total. The van der Waals surface area contributed by atoms with Crippen molar-refractivity contribution in [1.82, 2.24) is 9.62 Å². The van der Waals surface area contributed by atoms with E-state index in [2.05, 4.69) is 21.2 Å². The van der Waals surface area contributed by atoms with E-state index in [4.69, 9.17) is 0 Å². The molecule has 0 radical (unpaired) electrons. The van der Waals surface area contributed by atoms with Crippen molar-refractivity contribution in [2.75, 3.05) is 25.9 Å². The lowest BCUT2D eigenvalue weighted by Crippen LogP contribution is -2.33. The fourth-order valence-corrected chi connectivity index (χ4v) is 2.80. The smallest absolute Gasteiger partial charge is 0.215 e. The average molecular weight is 335 g/mol. The Hall–Kier alpha value is -0.430. The quantitative estimate of drug-likeness (QED) is 0.774. The highest BCUT2D eigenvalue weighted by molar-refractivity contribution is 9.10. The van der Waals surface area contributed by atoms with E-state index in [-0.39, 0.29) is 5.75 Å². The van der Waals surface area contributed by atoms with E-state index < -0.39 is 10.0 Å². The summed E-state index contributed by atoms with van der Waals surface area (Å²) < 4.78 is 26.3. The van der Waals surface area contributed by atoms with Gasteiger partial charge in [-0.25, -0.2) is 12.7 Å². The minimum atomic E-state index is -3.18. The summed E-state index contributed by atoms with van der Waals surface area (Å²) in [5.41, 5.74) is 0.979. The minimum absolute atomic E-state index is 0.133. The summed E-state index contributed by atoms with van der Waals surface area (Å²) in [7, 11) is -1.57. The van der Waals surface area contributed by atoms with Gasteiger partial charge in [-0.2, -0.15) is 0 Å². The Bertz CT molecular complexity index is 459. The maximum Gasteiger partial charge on any atom is 0.215 e. The van der Waals surface area contributed by atoms with E-state index in [1.165, 1.54) is 4.31 Å². The molecule has 0 bridgehead atoms. The third-order valence-corrected chi connectivity index (χ3v) is 4.91. The molecule has 0 unspecified atom stereocenters. The van der Waals surface area contributed by atoms with Crippen LogP contribution in [0, 0.1) is 0 Å². The molecule has 0 amide bonds. The molecule has 0 aromatic heterocycles. The molecule has 1 aromatic carbocycles. The van der Waals surface area contributed by atoms with Crippen LogP contribution in [0.5, 0.6) is 0 Å². The van der Waals surface area contributed by atoms with Gasteiger partial charge in [0.05, 0.1) is 5.75 Å². The van der Waals surface area contributed by atoms with E-state index in [1.807, 2.05) is 31.2 Å². The molecule has 102 valence electrons. The van der Waals surface area contributed by atoms with Gasteiger partial charge >= 0.3 is 0 Å². The van der Waals surface area contributed by atoms with Crippen molar-refractivity contribution in [1.29, 1.82) is 0 Å². The van der Waals surface area contributed by atoms with Crippen LogP contribution in [0.25, 0.3) is 0 Å². The zero-order valence-electron chi connectivity index (χ0n) is 10.7. The lowest BCUT2D eigenvalue weighted by molar-refractivity contribution is 0.465. The number of hydrogen-bond donors (Lipinski definition) is 1. The van der Waals surface area contributed by atoms with Gasteiger partial charge in [-0.05, 0) is 24.2 Å². The Morgan fingerprint density at radius 1 is 1.28 bits per heavy atom. The van der Waals surface area contributed by atoms with Gasteiger partial charge in [0.2, 0.25) is 10.0 Å². The van der Waals surface area contributed by atoms with E-state index in [1.54, 1.807) is 7.05 Å². The van der Waals surface area contributed by atoms with Crippen LogP contribution in [0.15, 0.2) is 28.7 Å². The standard InChI is InChI=1S/C12H19BrN2O2S/c1-3-14-8-9-18(16,17)15(2)10-11-4-6-12(13)7-5-11/h4-7,14H,3,8-10H2,1-2H3. The number of benzene rings is 1. The summed E-state index contributed by atoms with van der Waals surface area (Å²) in [6.45, 7) is 3.63. The first-order valence-electron chi connectivity index (χ1n) is 5.85. The van der Waals surface area contributed by atoms with Gasteiger partial charge in [-0.1, -0.05) is 35.0 Å². The SMILES string of the molecule is CCNCCS(=O)(=O)N(C)Cc1ccc(Br)cc1. The zero-order chi connectivity index (χ0) is 13.6. The van der Waals surface area contributed by atoms with Crippen LogP contribution in [0.2, 0.25) is 0 Å². The van der Waals surface area contributed by atoms with E-state index >= 15 is 0 Å². The molecule has 0 atom stereocenters. The van der Waals surface area contributed by atoms with Crippen LogP contribution in [0.1, 0.15) is 12.5 Å². The minimum Gasteiger partial charge on any atom is -0.316 e. The molecule has 0 saturated carbocycles. The summed E-state index contributed by atoms with van der Waals surface area (Å²) in [6.07, 6.45) is 0. The normalized spacial score (nSPS) is 12.0. The molecule has 0 spiro atoms. The van der Waals surface area contributed by atoms with Crippen molar-refractivity contribution in [3.05, 3.63) is 34.3 Å². The summed E-state index contributed by atoms with van der Waals surface area (Å²) in [4.78, 5) is 0. The number of hydrogen-bond acceptors (Lipinski definition) is 3. The Morgan fingerprint density at radius 3 is 2.44 bits per heavy atom. The fraction of sp³-hybridized carbons (Fsp3) is 0.500. The summed E-state index contributed by atoms with van der Waals surface area (Å²) in [5.74, 6) is 0.133. The highest BCUT2D eigenvalue weighted by Gasteiger charge is 2.17. The molecule has 6 heteroatoms. The maximum atomic E-state index is 12.0. The molecular formula is C12H19BrN2O2S. The van der Waals surface area contributed by atoms with Crippen molar-refractivity contribution >= 4 is 26.0 Å². The monoisotopic (exact) mass is 334 g/mol. The molecule has 18 heavy (non-hydrogen) atoms. The molecule has 1 rings (SSSR count). The van der Waals surface area contributed by atoms with Crippen LogP contribution >= 0.6 is 15.9 Å². The van der Waals surface area contributed by atoms with E-state index in [0.29, 0.717) is 13.1 Å². The third-order valence-electron chi connectivity index (χ3n) is 2.58. The Morgan fingerprint density at radius 2 is 1.89 bits per heavy atom. The predicted molar refractivity (Wildman–Crippen MR) is 77.9 cm³/mol. The number of sulfonamides is 1. The van der Waals surface area contributed by atoms with E-state index in [9.17, 15) is 8.42 Å². The van der Waals surface area contributed by atoms with Gasteiger partial charge < -0.3 is 5.32 Å². The molecule has 1 N–H and O–H groups in total. The van der Waals surface area contributed by atoms with Gasteiger partial charge in [-0.3, -0.25) is 0 Å². The second-order valence-corrected chi connectivity index (χ2v) is 7.16. The van der Waals surface area contributed by atoms with Gasteiger partial charge in [0.15, 0.2) is 0 Å². The summed E-state index contributed by atoms with van der Waals surface area (Å²) in [6, 6.07) is 7.66. The molecular weight excluding hydrogens is 316 g/mol. The first kappa shape index (κ1) is 15.6. The number of nitrogens with zero attached hydrogens (tertiary/aromatic N) is 1. The predicted octanol–water partition coefficient (Wildman–Crippen LogP) is 1.82. The molecule has 1 aromatic rings. The fourth-order valence-electron chi connectivity index (χ4n) is 1.48. The largest absolute Gasteiger partial charge is 0.316 e. The molecule has 0 heterocycles. The maximum absolute atomic E-state index is 12.0. The van der Waals surface area contributed by atoms with Crippen molar-refractivity contribution in [2.45, 2.75) is 13.5 Å². The summed E-state index contributed by atoms with van der Waals surface area (Å²) in [5, 5.41) is 3.02. The third kappa shape index (κ3) is 5.06. The summed E-state index contributed by atoms with van der Waals surface area (Å²) >= 11 is 3.35. The molecule has 0 saturated heterocycles. The second kappa shape index (κ2) is 7.23. The van der Waals surface area contributed by atoms with Crippen LogP contribution in [0.4, 0.5) is 0 Å². The molecule has 0 aliphatic rings. The molecule has 0 fully saturated rings. The first-order valence-corrected chi connectivity index (χ1v) is 8.25. The van der Waals surface area contributed by atoms with Crippen molar-refractivity contribution in [2.24, 2.45) is 0 Å². The zero-order valence-corrected chi connectivity index (χ0v) is 13.1. The highest BCUT2D eigenvalue weighted by atomic mass is 79.9. The van der Waals surface area contributed by atoms with Crippen molar-refractivity contribution < 1.29 is 8.42 Å². The number of halogens is 1. The van der Waals surface area contributed by atoms with Gasteiger partial charge in [0, 0.05) is 24.6 Å². The molecule has 0 aliphatic heterocycles. The Kier molecular flexibility index (Phi) is 6.28. The number of nitrogens with one attached hydrogen (secondary N) is 1. The van der Waals surface area contributed by atoms with E-state index in [0.717, 1.165) is 16.6 Å². The topological polar surface area (TPSA) is 49.4 Å². The van der Waals surface area contributed by atoms with Gasteiger partial charge in [0.25, 0.3) is 0 Å².